The lowest BCUT2D eigenvalue weighted by atomic mass is 9.83. The first kappa shape index (κ1) is 44.3. The second kappa shape index (κ2) is 23.0. The van der Waals surface area contributed by atoms with Crippen LogP contribution in [0.1, 0.15) is 116 Å². The number of nitrogens with one attached hydrogen (secondary N) is 5. The molecule has 0 aliphatic heterocycles. The third kappa shape index (κ3) is 15.4. The highest BCUT2D eigenvalue weighted by Crippen LogP contribution is 2.27. The number of hydrogen-bond donors (Lipinski definition) is 7. The molecule has 1 aromatic rings. The van der Waals surface area contributed by atoms with E-state index < -0.39 is 83.9 Å². The quantitative estimate of drug-likeness (QED) is 0.0810. The molecule has 5 amide bonds. The lowest BCUT2D eigenvalue weighted by Crippen LogP contribution is -2.58. The fourth-order valence-electron chi connectivity index (χ4n) is 6.43. The van der Waals surface area contributed by atoms with Crippen LogP contribution in [0.5, 0.6) is 0 Å². The Hall–Kier alpha value is -4.82. The van der Waals surface area contributed by atoms with Gasteiger partial charge < -0.3 is 36.8 Å². The van der Waals surface area contributed by atoms with Crippen LogP contribution in [0.3, 0.4) is 0 Å². The Morgan fingerprint density at radius 1 is 0.736 bits per heavy atom. The number of amides is 5. The lowest BCUT2D eigenvalue weighted by molar-refractivity contribution is -0.144. The van der Waals surface area contributed by atoms with Crippen LogP contribution >= 0.6 is 0 Å². The van der Waals surface area contributed by atoms with Gasteiger partial charge in [0.05, 0.1) is 18.5 Å². The van der Waals surface area contributed by atoms with Crippen molar-refractivity contribution in [2.45, 2.75) is 129 Å². The molecular weight excluding hydrogens is 686 g/mol. The maximum Gasteiger partial charge on any atom is 0.330 e. The standard InChI is InChI=1S/C38H57N5O10/c1-5-7-15-26(37(50)51)21-29(44)42-31(24-16-10-8-11-17-24)35(48)41-28(20-23(3)4)34(47)40-27(14-6-2)33(46)36(49)39-22-30(45)43-32(38(52)53)25-18-12-9-13-19-25/h9,12-13,18-19,23-24,26-28,31-32H,5-8,10-11,14-17,20-22H2,1-4H3,(H,39,49)(H,40,47)(H,41,48)(H,42,44)(H,43,45)(H,50,51)(H,52,53)/t26?,27?,28-,31-,32-/m0/s1. The Labute approximate surface area is 311 Å². The van der Waals surface area contributed by atoms with E-state index in [1.165, 1.54) is 12.1 Å². The molecule has 7 N–H and O–H groups in total. The number of unbranched alkanes of at least 4 members (excludes halogenated alkanes) is 1. The van der Waals surface area contributed by atoms with E-state index in [0.29, 0.717) is 37.7 Å². The largest absolute Gasteiger partial charge is 0.481 e. The van der Waals surface area contributed by atoms with Crippen LogP contribution in [0.4, 0.5) is 0 Å². The van der Waals surface area contributed by atoms with Crippen molar-refractivity contribution < 1.29 is 48.6 Å². The molecule has 5 atom stereocenters. The van der Waals surface area contributed by atoms with Crippen molar-refractivity contribution in [2.24, 2.45) is 17.8 Å². The summed E-state index contributed by atoms with van der Waals surface area (Å²) in [7, 11) is 0. The summed E-state index contributed by atoms with van der Waals surface area (Å²) in [4.78, 5) is 103. The van der Waals surface area contributed by atoms with Crippen LogP contribution in [0.2, 0.25) is 0 Å². The third-order valence-electron chi connectivity index (χ3n) is 9.28. The second-order valence-corrected chi connectivity index (χ2v) is 14.2. The van der Waals surface area contributed by atoms with E-state index in [1.807, 2.05) is 20.8 Å². The Morgan fingerprint density at radius 3 is 1.94 bits per heavy atom. The molecule has 1 aliphatic rings. The third-order valence-corrected chi connectivity index (χ3v) is 9.28. The number of aliphatic carboxylic acids is 2. The molecule has 53 heavy (non-hydrogen) atoms. The molecule has 0 spiro atoms. The van der Waals surface area contributed by atoms with Gasteiger partial charge in [-0.05, 0) is 49.5 Å². The topological polar surface area (TPSA) is 237 Å². The number of carbonyl (C=O) groups excluding carboxylic acids is 6. The molecule has 15 heteroatoms. The van der Waals surface area contributed by atoms with Crippen LogP contribution < -0.4 is 26.6 Å². The average molecular weight is 744 g/mol. The van der Waals surface area contributed by atoms with Crippen molar-refractivity contribution in [2.75, 3.05) is 6.54 Å². The molecule has 1 fully saturated rings. The van der Waals surface area contributed by atoms with E-state index >= 15 is 0 Å². The first-order chi connectivity index (χ1) is 25.2. The zero-order valence-electron chi connectivity index (χ0n) is 31.3. The molecule has 2 unspecified atom stereocenters. The van der Waals surface area contributed by atoms with E-state index in [4.69, 9.17) is 0 Å². The van der Waals surface area contributed by atoms with Gasteiger partial charge in [0.25, 0.3) is 5.91 Å². The summed E-state index contributed by atoms with van der Waals surface area (Å²) in [5, 5.41) is 31.8. The van der Waals surface area contributed by atoms with E-state index in [9.17, 15) is 48.6 Å². The lowest BCUT2D eigenvalue weighted by Gasteiger charge is -2.32. The summed E-state index contributed by atoms with van der Waals surface area (Å²) >= 11 is 0. The molecule has 0 aromatic heterocycles. The molecular formula is C38H57N5O10. The van der Waals surface area contributed by atoms with Crippen molar-refractivity contribution in [3.05, 3.63) is 35.9 Å². The molecule has 1 aromatic carbocycles. The minimum absolute atomic E-state index is 0.0746. The molecule has 15 nitrogen and oxygen atoms in total. The van der Waals surface area contributed by atoms with Crippen molar-refractivity contribution in [1.29, 1.82) is 0 Å². The maximum absolute atomic E-state index is 13.8. The van der Waals surface area contributed by atoms with Crippen molar-refractivity contribution in [3.8, 4) is 0 Å². The normalized spacial score (nSPS) is 15.9. The van der Waals surface area contributed by atoms with E-state index in [1.54, 1.807) is 25.1 Å². The number of rotatable bonds is 23. The summed E-state index contributed by atoms with van der Waals surface area (Å²) in [6.07, 6.45) is 6.14. The zero-order chi connectivity index (χ0) is 39.5. The van der Waals surface area contributed by atoms with Crippen LogP contribution in [-0.2, 0) is 38.4 Å². The second-order valence-electron chi connectivity index (χ2n) is 14.2. The molecule has 1 saturated carbocycles. The van der Waals surface area contributed by atoms with Crippen molar-refractivity contribution in [1.82, 2.24) is 26.6 Å². The van der Waals surface area contributed by atoms with Crippen LogP contribution in [-0.4, -0.2) is 82.1 Å². The first-order valence-electron chi connectivity index (χ1n) is 18.7. The minimum Gasteiger partial charge on any atom is -0.481 e. The molecule has 0 bridgehead atoms. The predicted molar refractivity (Wildman–Crippen MR) is 195 cm³/mol. The molecule has 1 aliphatic carbocycles. The number of Topliss-reactive ketones (excluding diaryl/α,β-unsaturated/α-hetero) is 1. The van der Waals surface area contributed by atoms with Gasteiger partial charge in [0, 0.05) is 6.42 Å². The van der Waals surface area contributed by atoms with Gasteiger partial charge in [0.1, 0.15) is 12.1 Å². The molecule has 0 radical (unpaired) electrons. The van der Waals surface area contributed by atoms with Gasteiger partial charge in [-0.25, -0.2) is 4.79 Å². The summed E-state index contributed by atoms with van der Waals surface area (Å²) in [5.41, 5.74) is 0.311. The molecule has 0 saturated heterocycles. The van der Waals surface area contributed by atoms with Gasteiger partial charge >= 0.3 is 11.9 Å². The Kier molecular flexibility index (Phi) is 19.2. The molecule has 0 heterocycles. The van der Waals surface area contributed by atoms with Gasteiger partial charge in [0.2, 0.25) is 29.4 Å². The van der Waals surface area contributed by atoms with Crippen molar-refractivity contribution in [3.63, 3.8) is 0 Å². The monoisotopic (exact) mass is 743 g/mol. The van der Waals surface area contributed by atoms with Gasteiger partial charge in [-0.3, -0.25) is 33.6 Å². The number of hydrogen-bond acceptors (Lipinski definition) is 8. The van der Waals surface area contributed by atoms with Gasteiger partial charge in [-0.1, -0.05) is 96.6 Å². The summed E-state index contributed by atoms with van der Waals surface area (Å²) < 4.78 is 0. The first-order valence-corrected chi connectivity index (χ1v) is 18.7. The Bertz CT molecular complexity index is 1410. The minimum atomic E-state index is -1.38. The summed E-state index contributed by atoms with van der Waals surface area (Å²) in [6, 6.07) is 3.14. The van der Waals surface area contributed by atoms with Gasteiger partial charge in [0.15, 0.2) is 6.04 Å². The zero-order valence-corrected chi connectivity index (χ0v) is 31.3. The fourth-order valence-corrected chi connectivity index (χ4v) is 6.43. The number of ketones is 1. The smallest absolute Gasteiger partial charge is 0.330 e. The van der Waals surface area contributed by atoms with Crippen LogP contribution in [0, 0.1) is 17.8 Å². The summed E-state index contributed by atoms with van der Waals surface area (Å²) in [5.74, 6) is -8.49. The Balaban J connectivity index is 2.14. The number of carboxylic acid groups (broad SMARTS) is 2. The number of carbonyl (C=O) groups is 8. The SMILES string of the molecule is CCCCC(CC(=O)N[C@H](C(=O)N[C@@H](CC(C)C)C(=O)NC(CCC)C(=O)C(=O)NCC(=O)N[C@H](C(=O)O)c1ccccc1)C1CCCCC1)C(=O)O. The highest BCUT2D eigenvalue weighted by molar-refractivity contribution is 6.38. The molecule has 294 valence electrons. The molecule has 2 rings (SSSR count). The van der Waals surface area contributed by atoms with E-state index in [2.05, 4.69) is 26.6 Å². The highest BCUT2D eigenvalue weighted by atomic mass is 16.4. The predicted octanol–water partition coefficient (Wildman–Crippen LogP) is 2.78. The maximum atomic E-state index is 13.8. The highest BCUT2D eigenvalue weighted by Gasteiger charge is 2.36. The van der Waals surface area contributed by atoms with E-state index in [-0.39, 0.29) is 31.1 Å². The summed E-state index contributed by atoms with van der Waals surface area (Å²) in [6.45, 7) is 6.66. The van der Waals surface area contributed by atoms with Crippen LogP contribution in [0.25, 0.3) is 0 Å². The number of carboxylic acids is 2. The number of benzene rings is 1. The Morgan fingerprint density at radius 2 is 1.38 bits per heavy atom. The van der Waals surface area contributed by atoms with Crippen molar-refractivity contribution >= 4 is 47.3 Å². The van der Waals surface area contributed by atoms with Gasteiger partial charge in [-0.2, -0.15) is 0 Å². The van der Waals surface area contributed by atoms with Gasteiger partial charge in [-0.15, -0.1) is 0 Å². The fraction of sp³-hybridized carbons (Fsp3) is 0.632. The average Bonchev–Trinajstić information content (AvgIpc) is 3.12. The van der Waals surface area contributed by atoms with E-state index in [0.717, 1.165) is 25.7 Å². The van der Waals surface area contributed by atoms with Crippen LogP contribution in [0.15, 0.2) is 30.3 Å².